The zero-order chi connectivity index (χ0) is 14.7. The van der Waals surface area contributed by atoms with Gasteiger partial charge in [0.2, 0.25) is 6.79 Å². The van der Waals surface area contributed by atoms with E-state index in [1.807, 2.05) is 36.4 Å². The number of carbonyl (C=O) groups excluding carboxylic acids is 1. The number of rotatable bonds is 4. The Labute approximate surface area is 122 Å². The summed E-state index contributed by atoms with van der Waals surface area (Å²) in [6.07, 6.45) is 0. The van der Waals surface area contributed by atoms with E-state index in [9.17, 15) is 4.79 Å². The minimum atomic E-state index is -0.113. The quantitative estimate of drug-likeness (QED) is 0.905. The molecule has 1 aliphatic rings. The number of ether oxygens (including phenoxy) is 2. The summed E-state index contributed by atoms with van der Waals surface area (Å²) in [7, 11) is 1.80. The van der Waals surface area contributed by atoms with Crippen molar-refractivity contribution in [3.63, 3.8) is 0 Å². The normalized spacial score (nSPS) is 12.0. The van der Waals surface area contributed by atoms with Crippen molar-refractivity contribution in [3.05, 3.63) is 53.6 Å². The van der Waals surface area contributed by atoms with Crippen molar-refractivity contribution >= 4 is 11.6 Å². The molecule has 2 N–H and O–H groups in total. The molecular formula is C16H16N2O3. The number of amides is 1. The summed E-state index contributed by atoms with van der Waals surface area (Å²) >= 11 is 0. The molecule has 0 bridgehead atoms. The SMILES string of the molecule is CNc1ccccc1C(=O)NCc1ccc2c(c1)OCO2. The van der Waals surface area contributed by atoms with Gasteiger partial charge >= 0.3 is 0 Å². The fourth-order valence-corrected chi connectivity index (χ4v) is 2.23. The summed E-state index contributed by atoms with van der Waals surface area (Å²) in [4.78, 5) is 12.2. The molecule has 0 radical (unpaired) electrons. The highest BCUT2D eigenvalue weighted by atomic mass is 16.7. The largest absolute Gasteiger partial charge is 0.454 e. The molecule has 3 rings (SSSR count). The highest BCUT2D eigenvalue weighted by molar-refractivity contribution is 5.99. The summed E-state index contributed by atoms with van der Waals surface area (Å²) in [5.74, 6) is 1.35. The number of carbonyl (C=O) groups is 1. The predicted molar refractivity (Wildman–Crippen MR) is 79.7 cm³/mol. The lowest BCUT2D eigenvalue weighted by atomic mass is 10.1. The van der Waals surface area contributed by atoms with E-state index in [1.165, 1.54) is 0 Å². The first-order chi connectivity index (χ1) is 10.3. The van der Waals surface area contributed by atoms with Crippen molar-refractivity contribution in [1.29, 1.82) is 0 Å². The number of para-hydroxylation sites is 1. The topological polar surface area (TPSA) is 59.6 Å². The van der Waals surface area contributed by atoms with Gasteiger partial charge in [-0.05, 0) is 29.8 Å². The average Bonchev–Trinajstić information content (AvgIpc) is 3.00. The van der Waals surface area contributed by atoms with Crippen LogP contribution in [0.3, 0.4) is 0 Å². The van der Waals surface area contributed by atoms with Gasteiger partial charge in [0, 0.05) is 19.3 Å². The number of hydrogen-bond donors (Lipinski definition) is 2. The van der Waals surface area contributed by atoms with E-state index in [2.05, 4.69) is 10.6 Å². The van der Waals surface area contributed by atoms with Gasteiger partial charge in [-0.15, -0.1) is 0 Å². The number of benzene rings is 2. The number of fused-ring (bicyclic) bond motifs is 1. The Morgan fingerprint density at radius 2 is 1.95 bits per heavy atom. The van der Waals surface area contributed by atoms with Gasteiger partial charge in [0.25, 0.3) is 5.91 Å². The Kier molecular flexibility index (Phi) is 3.64. The first kappa shape index (κ1) is 13.3. The number of nitrogens with one attached hydrogen (secondary N) is 2. The molecule has 1 heterocycles. The molecule has 0 fully saturated rings. The van der Waals surface area contributed by atoms with Crippen LogP contribution < -0.4 is 20.1 Å². The molecule has 0 aromatic heterocycles. The van der Waals surface area contributed by atoms with Crippen LogP contribution in [0.1, 0.15) is 15.9 Å². The Morgan fingerprint density at radius 3 is 2.81 bits per heavy atom. The number of anilines is 1. The molecule has 0 aliphatic carbocycles. The van der Waals surface area contributed by atoms with Gasteiger partial charge in [0.15, 0.2) is 11.5 Å². The van der Waals surface area contributed by atoms with E-state index >= 15 is 0 Å². The average molecular weight is 284 g/mol. The zero-order valence-electron chi connectivity index (χ0n) is 11.7. The molecule has 0 atom stereocenters. The third kappa shape index (κ3) is 2.76. The van der Waals surface area contributed by atoms with E-state index in [-0.39, 0.29) is 12.7 Å². The van der Waals surface area contributed by atoms with Crippen LogP contribution in [0.2, 0.25) is 0 Å². The highest BCUT2D eigenvalue weighted by Crippen LogP contribution is 2.32. The second-order valence-corrected chi connectivity index (χ2v) is 4.67. The van der Waals surface area contributed by atoms with Gasteiger partial charge in [-0.25, -0.2) is 0 Å². The second-order valence-electron chi connectivity index (χ2n) is 4.67. The van der Waals surface area contributed by atoms with Crippen LogP contribution in [-0.2, 0) is 6.54 Å². The molecule has 0 saturated carbocycles. The highest BCUT2D eigenvalue weighted by Gasteiger charge is 2.14. The van der Waals surface area contributed by atoms with Crippen LogP contribution in [0.4, 0.5) is 5.69 Å². The van der Waals surface area contributed by atoms with Crippen LogP contribution in [0.25, 0.3) is 0 Å². The molecule has 2 aromatic rings. The third-order valence-corrected chi connectivity index (χ3v) is 3.33. The van der Waals surface area contributed by atoms with E-state index < -0.39 is 0 Å². The van der Waals surface area contributed by atoms with Crippen LogP contribution in [0.5, 0.6) is 11.5 Å². The second kappa shape index (κ2) is 5.75. The lowest BCUT2D eigenvalue weighted by Gasteiger charge is -2.10. The Bertz CT molecular complexity index is 670. The number of hydrogen-bond acceptors (Lipinski definition) is 4. The molecule has 1 aliphatic heterocycles. The van der Waals surface area contributed by atoms with Crippen molar-refractivity contribution in [2.24, 2.45) is 0 Å². The van der Waals surface area contributed by atoms with Crippen molar-refractivity contribution in [3.8, 4) is 11.5 Å². The molecule has 0 unspecified atom stereocenters. The fraction of sp³-hybridized carbons (Fsp3) is 0.188. The minimum Gasteiger partial charge on any atom is -0.454 e. The smallest absolute Gasteiger partial charge is 0.253 e. The predicted octanol–water partition coefficient (Wildman–Crippen LogP) is 2.39. The van der Waals surface area contributed by atoms with E-state index in [4.69, 9.17) is 9.47 Å². The molecule has 0 spiro atoms. The third-order valence-electron chi connectivity index (χ3n) is 3.33. The fourth-order valence-electron chi connectivity index (χ4n) is 2.23. The summed E-state index contributed by atoms with van der Waals surface area (Å²) in [5.41, 5.74) is 2.40. The first-order valence-corrected chi connectivity index (χ1v) is 6.71. The maximum Gasteiger partial charge on any atom is 0.253 e. The van der Waals surface area contributed by atoms with Gasteiger partial charge < -0.3 is 20.1 Å². The van der Waals surface area contributed by atoms with Crippen molar-refractivity contribution < 1.29 is 14.3 Å². The van der Waals surface area contributed by atoms with Crippen LogP contribution in [0.15, 0.2) is 42.5 Å². The lowest BCUT2D eigenvalue weighted by Crippen LogP contribution is -2.23. The monoisotopic (exact) mass is 284 g/mol. The summed E-state index contributed by atoms with van der Waals surface area (Å²) in [6.45, 7) is 0.689. The molecule has 108 valence electrons. The van der Waals surface area contributed by atoms with Gasteiger partial charge in [0.1, 0.15) is 0 Å². The van der Waals surface area contributed by atoms with Crippen molar-refractivity contribution in [2.75, 3.05) is 19.2 Å². The van der Waals surface area contributed by atoms with Crippen LogP contribution >= 0.6 is 0 Å². The van der Waals surface area contributed by atoms with E-state index in [0.717, 1.165) is 22.7 Å². The van der Waals surface area contributed by atoms with Gasteiger partial charge in [0.05, 0.1) is 5.56 Å². The maximum absolute atomic E-state index is 12.2. The molecule has 21 heavy (non-hydrogen) atoms. The molecular weight excluding hydrogens is 268 g/mol. The molecule has 1 amide bonds. The van der Waals surface area contributed by atoms with Crippen molar-refractivity contribution in [1.82, 2.24) is 5.32 Å². The summed E-state index contributed by atoms with van der Waals surface area (Å²) < 4.78 is 10.6. The minimum absolute atomic E-state index is 0.113. The molecule has 0 saturated heterocycles. The first-order valence-electron chi connectivity index (χ1n) is 6.71. The molecule has 5 nitrogen and oxygen atoms in total. The summed E-state index contributed by atoms with van der Waals surface area (Å²) in [5, 5.41) is 5.92. The molecule has 5 heteroatoms. The molecule has 2 aromatic carbocycles. The van der Waals surface area contributed by atoms with Gasteiger partial charge in [-0.2, -0.15) is 0 Å². The zero-order valence-corrected chi connectivity index (χ0v) is 11.7. The maximum atomic E-state index is 12.2. The van der Waals surface area contributed by atoms with E-state index in [1.54, 1.807) is 13.1 Å². The van der Waals surface area contributed by atoms with E-state index in [0.29, 0.717) is 12.1 Å². The lowest BCUT2D eigenvalue weighted by molar-refractivity contribution is 0.0951. The van der Waals surface area contributed by atoms with Gasteiger partial charge in [-0.1, -0.05) is 18.2 Å². The Balaban J connectivity index is 1.68. The van der Waals surface area contributed by atoms with Crippen molar-refractivity contribution in [2.45, 2.75) is 6.54 Å². The standard InChI is InChI=1S/C16H16N2O3/c1-17-13-5-3-2-4-12(13)16(19)18-9-11-6-7-14-15(8-11)21-10-20-14/h2-8,17H,9-10H2,1H3,(H,18,19). The van der Waals surface area contributed by atoms with Crippen LogP contribution in [0, 0.1) is 0 Å². The Morgan fingerprint density at radius 1 is 1.14 bits per heavy atom. The Hall–Kier alpha value is -2.69. The van der Waals surface area contributed by atoms with Gasteiger partial charge in [-0.3, -0.25) is 4.79 Å². The summed E-state index contributed by atoms with van der Waals surface area (Å²) in [6, 6.07) is 13.0. The van der Waals surface area contributed by atoms with Crippen LogP contribution in [-0.4, -0.2) is 19.7 Å².